The van der Waals surface area contributed by atoms with Gasteiger partial charge < -0.3 is 5.11 Å². The first-order valence-corrected chi connectivity index (χ1v) is 8.89. The standard InChI is InChI=1S/C9H18N2O6S2/c1-9(4-6-18(14,15)7-9)10-19(16,17)11(2)5-3-8(12)13/h10H,3-7H2,1-2H3,(H,12,13). The Kier molecular flexibility index (Phi) is 4.60. The highest BCUT2D eigenvalue weighted by molar-refractivity contribution is 7.92. The van der Waals surface area contributed by atoms with Crippen LogP contribution in [-0.4, -0.2) is 62.9 Å². The number of carbonyl (C=O) groups is 1. The van der Waals surface area contributed by atoms with E-state index in [1.54, 1.807) is 0 Å². The van der Waals surface area contributed by atoms with Crippen molar-refractivity contribution < 1.29 is 26.7 Å². The average Bonchev–Trinajstić information content (AvgIpc) is 2.47. The van der Waals surface area contributed by atoms with Crippen molar-refractivity contribution in [3.8, 4) is 0 Å². The van der Waals surface area contributed by atoms with E-state index in [4.69, 9.17) is 5.11 Å². The summed E-state index contributed by atoms with van der Waals surface area (Å²) in [7, 11) is -5.86. The number of aliphatic carboxylic acids is 1. The molecule has 1 unspecified atom stereocenters. The molecule has 0 aromatic rings. The summed E-state index contributed by atoms with van der Waals surface area (Å²) in [6.45, 7) is 1.35. The van der Waals surface area contributed by atoms with Gasteiger partial charge in [0.1, 0.15) is 0 Å². The molecule has 8 nitrogen and oxygen atoms in total. The summed E-state index contributed by atoms with van der Waals surface area (Å²) in [6, 6.07) is 0. The minimum Gasteiger partial charge on any atom is -0.481 e. The van der Waals surface area contributed by atoms with Crippen molar-refractivity contribution in [2.24, 2.45) is 0 Å². The molecule has 0 saturated carbocycles. The molecule has 1 fully saturated rings. The first-order chi connectivity index (χ1) is 8.46. The summed E-state index contributed by atoms with van der Waals surface area (Å²) in [5.74, 6) is -1.40. The molecule has 0 aliphatic carbocycles. The van der Waals surface area contributed by atoms with Crippen LogP contribution in [0, 0.1) is 0 Å². The third-order valence-corrected chi connectivity index (χ3v) is 6.59. The topological polar surface area (TPSA) is 121 Å². The highest BCUT2D eigenvalue weighted by Gasteiger charge is 2.41. The smallest absolute Gasteiger partial charge is 0.304 e. The SMILES string of the molecule is CN(CCC(=O)O)S(=O)(=O)NC1(C)CCS(=O)(=O)C1. The summed E-state index contributed by atoms with van der Waals surface area (Å²) < 4.78 is 49.9. The molecule has 1 atom stereocenters. The van der Waals surface area contributed by atoms with Crippen LogP contribution in [0.4, 0.5) is 0 Å². The molecule has 19 heavy (non-hydrogen) atoms. The van der Waals surface area contributed by atoms with Crippen molar-refractivity contribution in [1.82, 2.24) is 9.03 Å². The van der Waals surface area contributed by atoms with Gasteiger partial charge in [-0.2, -0.15) is 17.4 Å². The minimum atomic E-state index is -3.89. The zero-order valence-electron chi connectivity index (χ0n) is 10.8. The average molecular weight is 314 g/mol. The molecule has 0 bridgehead atoms. The lowest BCUT2D eigenvalue weighted by atomic mass is 10.0. The maximum absolute atomic E-state index is 11.9. The second-order valence-electron chi connectivity index (χ2n) is 4.98. The molecule has 1 saturated heterocycles. The predicted octanol–water partition coefficient (Wildman–Crippen LogP) is -1.20. The van der Waals surface area contributed by atoms with Gasteiger partial charge >= 0.3 is 5.97 Å². The highest BCUT2D eigenvalue weighted by Crippen LogP contribution is 2.24. The van der Waals surface area contributed by atoms with E-state index in [1.165, 1.54) is 14.0 Å². The van der Waals surface area contributed by atoms with E-state index < -0.39 is 31.6 Å². The number of sulfone groups is 1. The van der Waals surface area contributed by atoms with E-state index in [0.29, 0.717) is 0 Å². The van der Waals surface area contributed by atoms with Crippen molar-refractivity contribution in [1.29, 1.82) is 0 Å². The molecule has 0 aromatic heterocycles. The van der Waals surface area contributed by atoms with Crippen LogP contribution in [0.1, 0.15) is 19.8 Å². The Morgan fingerprint density at radius 1 is 1.47 bits per heavy atom. The van der Waals surface area contributed by atoms with Gasteiger partial charge in [-0.25, -0.2) is 8.42 Å². The van der Waals surface area contributed by atoms with Gasteiger partial charge in [0, 0.05) is 19.1 Å². The van der Waals surface area contributed by atoms with Gasteiger partial charge in [0.2, 0.25) is 0 Å². The van der Waals surface area contributed by atoms with Crippen molar-refractivity contribution in [2.45, 2.75) is 25.3 Å². The minimum absolute atomic E-state index is 0.0507. The Balaban J connectivity index is 2.72. The summed E-state index contributed by atoms with van der Waals surface area (Å²) >= 11 is 0. The van der Waals surface area contributed by atoms with Crippen LogP contribution in [0.2, 0.25) is 0 Å². The fourth-order valence-electron chi connectivity index (χ4n) is 1.85. The van der Waals surface area contributed by atoms with Gasteiger partial charge in [-0.05, 0) is 13.3 Å². The summed E-state index contributed by atoms with van der Waals surface area (Å²) in [5.41, 5.74) is -1.03. The van der Waals surface area contributed by atoms with E-state index in [2.05, 4.69) is 4.72 Å². The molecule has 0 radical (unpaired) electrons. The van der Waals surface area contributed by atoms with Gasteiger partial charge in [-0.3, -0.25) is 4.79 Å². The maximum Gasteiger partial charge on any atom is 0.304 e. The molecule has 1 rings (SSSR count). The molecule has 0 aromatic carbocycles. The third-order valence-electron chi connectivity index (χ3n) is 2.93. The number of carboxylic acids is 1. The normalized spacial score (nSPS) is 26.7. The molecule has 0 amide bonds. The molecule has 1 heterocycles. The van der Waals surface area contributed by atoms with Gasteiger partial charge in [0.05, 0.1) is 17.9 Å². The van der Waals surface area contributed by atoms with E-state index >= 15 is 0 Å². The maximum atomic E-state index is 11.9. The number of hydrogen-bond donors (Lipinski definition) is 2. The Bertz CT molecular complexity index is 555. The van der Waals surface area contributed by atoms with Crippen molar-refractivity contribution in [2.75, 3.05) is 25.1 Å². The molecule has 0 spiro atoms. The van der Waals surface area contributed by atoms with Crippen LogP contribution in [0.3, 0.4) is 0 Å². The number of nitrogens with zero attached hydrogens (tertiary/aromatic N) is 1. The fraction of sp³-hybridized carbons (Fsp3) is 0.889. The van der Waals surface area contributed by atoms with Crippen LogP contribution in [0.5, 0.6) is 0 Å². The quantitative estimate of drug-likeness (QED) is 0.635. The lowest BCUT2D eigenvalue weighted by molar-refractivity contribution is -0.137. The lowest BCUT2D eigenvalue weighted by Gasteiger charge is -2.27. The zero-order valence-corrected chi connectivity index (χ0v) is 12.4. The van der Waals surface area contributed by atoms with E-state index in [9.17, 15) is 21.6 Å². The zero-order chi connectivity index (χ0) is 14.9. The Hall–Kier alpha value is -0.710. The number of nitrogens with one attached hydrogen (secondary N) is 1. The van der Waals surface area contributed by atoms with Crippen molar-refractivity contribution >= 4 is 26.0 Å². The second-order valence-corrected chi connectivity index (χ2v) is 8.94. The largest absolute Gasteiger partial charge is 0.481 e. The van der Waals surface area contributed by atoms with Crippen LogP contribution >= 0.6 is 0 Å². The molecule has 2 N–H and O–H groups in total. The molecule has 1 aliphatic rings. The summed E-state index contributed by atoms with van der Waals surface area (Å²) in [6.07, 6.45) is -0.103. The highest BCUT2D eigenvalue weighted by atomic mass is 32.2. The van der Waals surface area contributed by atoms with Gasteiger partial charge in [-0.15, -0.1) is 0 Å². The third kappa shape index (κ3) is 4.71. The summed E-state index contributed by atoms with van der Waals surface area (Å²) in [5, 5.41) is 8.51. The first-order valence-electron chi connectivity index (χ1n) is 5.63. The number of carboxylic acid groups (broad SMARTS) is 1. The lowest BCUT2D eigenvalue weighted by Crippen LogP contribution is -2.52. The van der Waals surface area contributed by atoms with Gasteiger partial charge in [0.25, 0.3) is 10.2 Å². The molecular formula is C9H18N2O6S2. The Morgan fingerprint density at radius 3 is 2.47 bits per heavy atom. The van der Waals surface area contributed by atoms with Gasteiger partial charge in [-0.1, -0.05) is 0 Å². The summed E-state index contributed by atoms with van der Waals surface area (Å²) in [4.78, 5) is 10.4. The van der Waals surface area contributed by atoms with E-state index in [0.717, 1.165) is 4.31 Å². The predicted molar refractivity (Wildman–Crippen MR) is 68.6 cm³/mol. The van der Waals surface area contributed by atoms with E-state index in [-0.39, 0.29) is 30.9 Å². The van der Waals surface area contributed by atoms with Gasteiger partial charge in [0.15, 0.2) is 9.84 Å². The Labute approximate surface area is 112 Å². The van der Waals surface area contributed by atoms with Crippen LogP contribution in [-0.2, 0) is 24.8 Å². The molecule has 1 aliphatic heterocycles. The molecule has 112 valence electrons. The van der Waals surface area contributed by atoms with Crippen molar-refractivity contribution in [3.63, 3.8) is 0 Å². The Morgan fingerprint density at radius 2 is 2.05 bits per heavy atom. The fourth-order valence-corrected chi connectivity index (χ4v) is 5.32. The van der Waals surface area contributed by atoms with Crippen LogP contribution in [0.25, 0.3) is 0 Å². The monoisotopic (exact) mass is 314 g/mol. The van der Waals surface area contributed by atoms with Crippen LogP contribution < -0.4 is 4.72 Å². The number of rotatable bonds is 6. The number of hydrogen-bond acceptors (Lipinski definition) is 5. The van der Waals surface area contributed by atoms with Crippen molar-refractivity contribution in [3.05, 3.63) is 0 Å². The van der Waals surface area contributed by atoms with E-state index in [1.807, 2.05) is 0 Å². The molecule has 10 heteroatoms. The molecular weight excluding hydrogens is 296 g/mol. The van der Waals surface area contributed by atoms with Crippen LogP contribution in [0.15, 0.2) is 0 Å². The second kappa shape index (κ2) is 5.35. The first kappa shape index (κ1) is 16.3.